The number of benzene rings is 2. The smallest absolute Gasteiger partial charge is 0.406 e. The number of carbonyl (C=O) groups is 2. The summed E-state index contributed by atoms with van der Waals surface area (Å²) >= 11 is 0. The Balaban J connectivity index is 1.48. The Hall–Kier alpha value is -4.46. The number of esters is 1. The predicted octanol–water partition coefficient (Wildman–Crippen LogP) is 4.74. The number of carbonyl (C=O) groups excluding carboxylic acids is 2. The number of nitrogens with one attached hydrogen (secondary N) is 3. The van der Waals surface area contributed by atoms with Crippen molar-refractivity contribution in [1.29, 1.82) is 0 Å². The molecule has 0 spiro atoms. The number of halogens is 3. The lowest BCUT2D eigenvalue weighted by Crippen LogP contribution is -2.44. The molecule has 0 aliphatic carbocycles. The van der Waals surface area contributed by atoms with Gasteiger partial charge in [-0.3, -0.25) is 14.5 Å². The molecule has 12 nitrogen and oxygen atoms in total. The molecule has 1 aliphatic heterocycles. The number of sulfonamides is 1. The van der Waals surface area contributed by atoms with Crippen molar-refractivity contribution in [3.05, 3.63) is 48.2 Å². The summed E-state index contributed by atoms with van der Waals surface area (Å²) in [4.78, 5) is 25.5. The van der Waals surface area contributed by atoms with Gasteiger partial charge in [-0.15, -0.1) is 0 Å². The summed E-state index contributed by atoms with van der Waals surface area (Å²) in [5.41, 5.74) is 1.68. The van der Waals surface area contributed by atoms with E-state index in [1.54, 1.807) is 32.2 Å². The molecule has 1 atom stereocenters. The van der Waals surface area contributed by atoms with Crippen LogP contribution in [0, 0.1) is 11.8 Å². The lowest BCUT2D eigenvalue weighted by atomic mass is 10.0. The summed E-state index contributed by atoms with van der Waals surface area (Å²) in [7, 11) is -1.18. The van der Waals surface area contributed by atoms with E-state index in [4.69, 9.17) is 14.2 Å². The lowest BCUT2D eigenvalue weighted by molar-refractivity contribution is -0.152. The maximum atomic E-state index is 13.7. The van der Waals surface area contributed by atoms with E-state index in [1.807, 2.05) is 10.8 Å². The van der Waals surface area contributed by atoms with Crippen LogP contribution in [0.25, 0.3) is 10.9 Å². The number of nitrogens with zero attached hydrogens (tertiary/aromatic N) is 2. The third-order valence-corrected chi connectivity index (χ3v) is 9.64. The average Bonchev–Trinajstić information content (AvgIpc) is 3.43. The molecule has 0 bridgehead atoms. The number of ether oxygens (including phenoxy) is 3. The van der Waals surface area contributed by atoms with Gasteiger partial charge in [0.2, 0.25) is 5.91 Å². The number of hydrogen-bond acceptors (Lipinski definition) is 10. The highest BCUT2D eigenvalue weighted by Crippen LogP contribution is 2.32. The standard InChI is InChI=1S/C35H44F3N5O7S/c1-5-33(44)41-51(46,47)27-12-13-30(32(20-27)49-4)39-16-8-9-25-19-28-29(10-7-11-31(28)43(25)23-35(36,37)38)40-24-14-17-42(18-15-24)21-26(22-48-3)50-34(45)6-2/h7,10-13,19-20,24,26,39-40H,5-6,14-18,21-23H2,1-4H3,(H,41,44). The number of rotatable bonds is 15. The van der Waals surface area contributed by atoms with Crippen LogP contribution >= 0.6 is 0 Å². The highest BCUT2D eigenvalue weighted by molar-refractivity contribution is 7.90. The Morgan fingerprint density at radius 2 is 1.78 bits per heavy atom. The minimum atomic E-state index is -4.49. The molecule has 4 rings (SSSR count). The highest BCUT2D eigenvalue weighted by Gasteiger charge is 2.30. The van der Waals surface area contributed by atoms with Gasteiger partial charge >= 0.3 is 12.1 Å². The molecule has 2 heterocycles. The largest absolute Gasteiger partial charge is 0.495 e. The van der Waals surface area contributed by atoms with Crippen molar-refractivity contribution < 1.29 is 45.4 Å². The Kier molecular flexibility index (Phi) is 13.6. The second-order valence-corrected chi connectivity index (χ2v) is 13.7. The second kappa shape index (κ2) is 17.7. The minimum absolute atomic E-state index is 0.00846. The van der Waals surface area contributed by atoms with Crippen molar-refractivity contribution in [2.45, 2.75) is 69.3 Å². The molecule has 51 heavy (non-hydrogen) atoms. The van der Waals surface area contributed by atoms with Crippen LogP contribution in [0.5, 0.6) is 5.75 Å². The number of hydrogen-bond donors (Lipinski definition) is 3. The fraction of sp³-hybridized carbons (Fsp3) is 0.486. The first kappa shape index (κ1) is 39.3. The lowest BCUT2D eigenvalue weighted by Gasteiger charge is -2.34. The van der Waals surface area contributed by atoms with E-state index in [-0.39, 0.29) is 53.8 Å². The monoisotopic (exact) mass is 735 g/mol. The van der Waals surface area contributed by atoms with E-state index in [9.17, 15) is 31.2 Å². The van der Waals surface area contributed by atoms with E-state index in [2.05, 4.69) is 27.4 Å². The van der Waals surface area contributed by atoms with Crippen LogP contribution in [-0.4, -0.2) is 95.1 Å². The van der Waals surface area contributed by atoms with E-state index in [0.29, 0.717) is 35.4 Å². The van der Waals surface area contributed by atoms with Crippen molar-refractivity contribution in [3.8, 4) is 17.6 Å². The average molecular weight is 736 g/mol. The molecule has 1 aliphatic rings. The third kappa shape index (κ3) is 11.0. The minimum Gasteiger partial charge on any atom is -0.495 e. The van der Waals surface area contributed by atoms with Gasteiger partial charge in [0.05, 0.1) is 42.1 Å². The number of piperidine rings is 1. The van der Waals surface area contributed by atoms with Gasteiger partial charge in [0.1, 0.15) is 18.4 Å². The fourth-order valence-corrected chi connectivity index (χ4v) is 6.82. The zero-order valence-electron chi connectivity index (χ0n) is 29.1. The van der Waals surface area contributed by atoms with Gasteiger partial charge in [0.25, 0.3) is 10.0 Å². The Morgan fingerprint density at radius 3 is 2.43 bits per heavy atom. The number of methoxy groups -OCH3 is 2. The number of fused-ring (bicyclic) bond motifs is 1. The Morgan fingerprint density at radius 1 is 1.04 bits per heavy atom. The molecule has 278 valence electrons. The summed E-state index contributed by atoms with van der Waals surface area (Å²) in [5.74, 6) is 4.97. The van der Waals surface area contributed by atoms with E-state index < -0.39 is 28.7 Å². The van der Waals surface area contributed by atoms with Gasteiger partial charge in [-0.05, 0) is 49.1 Å². The summed E-state index contributed by atoms with van der Waals surface area (Å²) < 4.78 is 85.4. The van der Waals surface area contributed by atoms with Crippen molar-refractivity contribution in [3.63, 3.8) is 0 Å². The van der Waals surface area contributed by atoms with Gasteiger partial charge in [-0.25, -0.2) is 13.1 Å². The predicted molar refractivity (Wildman–Crippen MR) is 187 cm³/mol. The van der Waals surface area contributed by atoms with Gasteiger partial charge in [0.15, 0.2) is 0 Å². The van der Waals surface area contributed by atoms with Gasteiger partial charge in [0, 0.05) is 62.8 Å². The summed E-state index contributed by atoms with van der Waals surface area (Å²) in [6.07, 6.45) is -3.02. The van der Waals surface area contributed by atoms with E-state index in [0.717, 1.165) is 30.5 Å². The molecule has 3 aromatic rings. The van der Waals surface area contributed by atoms with Crippen LogP contribution < -0.4 is 20.1 Å². The van der Waals surface area contributed by atoms with Crippen LogP contribution in [0.1, 0.15) is 45.2 Å². The van der Waals surface area contributed by atoms with Crippen LogP contribution in [0.2, 0.25) is 0 Å². The SMILES string of the molecule is CCC(=O)NS(=O)(=O)c1ccc(NCC#Cc2cc3c(NC4CCN(CC(COC)OC(=O)CC)CC4)cccc3n2CC(F)(F)F)c(OC)c1. The normalized spacial score (nSPS) is 14.7. The molecule has 1 unspecified atom stereocenters. The third-order valence-electron chi connectivity index (χ3n) is 8.27. The van der Waals surface area contributed by atoms with Crippen LogP contribution in [0.3, 0.4) is 0 Å². The van der Waals surface area contributed by atoms with E-state index >= 15 is 0 Å². The highest BCUT2D eigenvalue weighted by atomic mass is 32.2. The second-order valence-electron chi connectivity index (χ2n) is 12.0. The topological polar surface area (TPSA) is 140 Å². The molecule has 1 aromatic heterocycles. The van der Waals surface area contributed by atoms with Crippen LogP contribution in [-0.2, 0) is 35.6 Å². The van der Waals surface area contributed by atoms with Crippen LogP contribution in [0.15, 0.2) is 47.4 Å². The molecule has 3 N–H and O–H groups in total. The number of likely N-dealkylation sites (tertiary alicyclic amines) is 1. The zero-order valence-corrected chi connectivity index (χ0v) is 29.9. The molecule has 16 heteroatoms. The van der Waals surface area contributed by atoms with Crippen LogP contribution in [0.4, 0.5) is 24.5 Å². The van der Waals surface area contributed by atoms with Gasteiger partial charge in [-0.2, -0.15) is 13.2 Å². The molecule has 0 radical (unpaired) electrons. The van der Waals surface area contributed by atoms with Crippen molar-refractivity contribution >= 4 is 44.2 Å². The molecule has 2 aromatic carbocycles. The molecule has 0 saturated carbocycles. The number of anilines is 2. The Labute approximate surface area is 296 Å². The molecular formula is C35H44F3N5O7S. The maximum absolute atomic E-state index is 13.7. The first-order valence-corrected chi connectivity index (χ1v) is 18.1. The Bertz CT molecular complexity index is 1850. The maximum Gasteiger partial charge on any atom is 0.406 e. The number of alkyl halides is 3. The summed E-state index contributed by atoms with van der Waals surface area (Å²) in [6.45, 7) is 4.40. The number of aromatic nitrogens is 1. The first-order valence-electron chi connectivity index (χ1n) is 16.6. The van der Waals surface area contributed by atoms with Gasteiger partial charge < -0.3 is 29.4 Å². The van der Waals surface area contributed by atoms with E-state index in [1.165, 1.54) is 32.2 Å². The quantitative estimate of drug-likeness (QED) is 0.148. The van der Waals surface area contributed by atoms with Crippen molar-refractivity contribution in [2.24, 2.45) is 0 Å². The van der Waals surface area contributed by atoms with Crippen molar-refractivity contribution in [2.75, 3.05) is 57.6 Å². The molecule has 1 saturated heterocycles. The number of amides is 1. The molecule has 1 fully saturated rings. The molecule has 1 amide bonds. The fourth-order valence-electron chi connectivity index (χ4n) is 5.75. The van der Waals surface area contributed by atoms with Gasteiger partial charge in [-0.1, -0.05) is 25.8 Å². The van der Waals surface area contributed by atoms with Crippen molar-refractivity contribution in [1.82, 2.24) is 14.2 Å². The first-order chi connectivity index (χ1) is 24.3. The summed E-state index contributed by atoms with van der Waals surface area (Å²) in [6, 6.07) is 10.9. The summed E-state index contributed by atoms with van der Waals surface area (Å²) in [5, 5.41) is 7.15. The molecular weight excluding hydrogens is 691 g/mol. The zero-order chi connectivity index (χ0) is 37.2.